The Hall–Kier alpha value is -2.75. The Morgan fingerprint density at radius 2 is 1.48 bits per heavy atom. The van der Waals surface area contributed by atoms with E-state index in [1.807, 2.05) is 18.2 Å². The molecule has 0 spiro atoms. The van der Waals surface area contributed by atoms with Crippen LogP contribution in [0, 0.1) is 6.92 Å². The van der Waals surface area contributed by atoms with E-state index in [1.54, 1.807) is 13.0 Å². The maximum atomic E-state index is 13.1. The van der Waals surface area contributed by atoms with Crippen LogP contribution in [0.2, 0.25) is 0 Å². The molecule has 0 aliphatic carbocycles. The minimum atomic E-state index is -4.41. The maximum Gasteiger partial charge on any atom is 0.419 e. The zero-order chi connectivity index (χ0) is 19.3. The van der Waals surface area contributed by atoms with Crippen molar-refractivity contribution in [1.82, 2.24) is 0 Å². The lowest BCUT2D eigenvalue weighted by Crippen LogP contribution is -2.10. The molecule has 3 aromatic carbocycles. The number of ether oxygens (including phenoxy) is 1. The van der Waals surface area contributed by atoms with E-state index in [2.05, 4.69) is 36.4 Å². The Morgan fingerprint density at radius 1 is 0.815 bits per heavy atom. The molecule has 0 fully saturated rings. The van der Waals surface area contributed by atoms with E-state index in [0.29, 0.717) is 12.0 Å². The van der Waals surface area contributed by atoms with Crippen LogP contribution >= 0.6 is 0 Å². The second kappa shape index (κ2) is 8.30. The molecule has 4 heteroatoms. The van der Waals surface area contributed by atoms with Crippen LogP contribution < -0.4 is 4.74 Å². The molecule has 140 valence electrons. The maximum absolute atomic E-state index is 13.1. The van der Waals surface area contributed by atoms with Crippen molar-refractivity contribution in [3.63, 3.8) is 0 Å². The molecule has 0 bridgehead atoms. The molecule has 0 aliphatic rings. The van der Waals surface area contributed by atoms with Crippen molar-refractivity contribution in [2.24, 2.45) is 0 Å². The van der Waals surface area contributed by atoms with Crippen molar-refractivity contribution < 1.29 is 17.9 Å². The van der Waals surface area contributed by atoms with Crippen LogP contribution in [-0.4, -0.2) is 6.61 Å². The van der Waals surface area contributed by atoms with E-state index in [4.69, 9.17) is 4.74 Å². The van der Waals surface area contributed by atoms with Gasteiger partial charge in [0, 0.05) is 0 Å². The van der Waals surface area contributed by atoms with Gasteiger partial charge in [-0.1, -0.05) is 66.2 Å². The molecule has 0 N–H and O–H groups in total. The number of rotatable bonds is 6. The van der Waals surface area contributed by atoms with E-state index >= 15 is 0 Å². The summed E-state index contributed by atoms with van der Waals surface area (Å²) >= 11 is 0. The Morgan fingerprint density at radius 3 is 2.15 bits per heavy atom. The van der Waals surface area contributed by atoms with Crippen LogP contribution in [0.3, 0.4) is 0 Å². The summed E-state index contributed by atoms with van der Waals surface area (Å²) in [6, 6.07) is 22.5. The second-order valence-electron chi connectivity index (χ2n) is 6.51. The normalized spacial score (nSPS) is 11.4. The molecule has 0 heterocycles. The van der Waals surface area contributed by atoms with E-state index in [9.17, 15) is 13.2 Å². The molecule has 0 unspecified atom stereocenters. The van der Waals surface area contributed by atoms with Gasteiger partial charge in [-0.25, -0.2) is 0 Å². The minimum absolute atomic E-state index is 0.104. The molecular formula is C23H21F3O. The van der Waals surface area contributed by atoms with Crippen LogP contribution in [0.4, 0.5) is 13.2 Å². The molecule has 0 saturated carbocycles. The third kappa shape index (κ3) is 5.13. The van der Waals surface area contributed by atoms with Gasteiger partial charge in [0.05, 0.1) is 12.2 Å². The summed E-state index contributed by atoms with van der Waals surface area (Å²) in [6.45, 7) is 1.88. The van der Waals surface area contributed by atoms with Crippen molar-refractivity contribution >= 4 is 0 Å². The smallest absolute Gasteiger partial charge is 0.419 e. The van der Waals surface area contributed by atoms with Gasteiger partial charge in [-0.05, 0) is 48.6 Å². The SMILES string of the molecule is Cc1ccc(OCCCc2ccc(-c3ccccc3)cc2)c(C(F)(F)F)c1. The first-order valence-corrected chi connectivity index (χ1v) is 8.88. The largest absolute Gasteiger partial charge is 0.493 e. The van der Waals surface area contributed by atoms with Crippen LogP contribution in [-0.2, 0) is 12.6 Å². The van der Waals surface area contributed by atoms with Crippen molar-refractivity contribution in [3.8, 4) is 16.9 Å². The summed E-state index contributed by atoms with van der Waals surface area (Å²) in [4.78, 5) is 0. The number of hydrogen-bond donors (Lipinski definition) is 0. The van der Waals surface area contributed by atoms with Gasteiger partial charge >= 0.3 is 6.18 Å². The summed E-state index contributed by atoms with van der Waals surface area (Å²) in [7, 11) is 0. The Labute approximate surface area is 157 Å². The Bertz CT molecular complexity index is 868. The van der Waals surface area contributed by atoms with Crippen molar-refractivity contribution in [1.29, 1.82) is 0 Å². The first-order valence-electron chi connectivity index (χ1n) is 8.88. The summed E-state index contributed by atoms with van der Waals surface area (Å²) in [5.41, 5.74) is 3.29. The van der Waals surface area contributed by atoms with E-state index in [-0.39, 0.29) is 12.4 Å². The predicted molar refractivity (Wildman–Crippen MR) is 102 cm³/mol. The van der Waals surface area contributed by atoms with Gasteiger partial charge < -0.3 is 4.74 Å². The molecule has 0 radical (unpaired) electrons. The quantitative estimate of drug-likeness (QED) is 0.439. The molecule has 0 aliphatic heterocycles. The molecule has 0 saturated heterocycles. The standard InChI is InChI=1S/C23H21F3O/c1-17-9-14-22(21(16-17)23(24,25)26)27-15-5-6-18-10-12-20(13-11-18)19-7-3-2-4-8-19/h2-4,7-14,16H,5-6,15H2,1H3. The Kier molecular flexibility index (Phi) is 5.84. The van der Waals surface area contributed by atoms with Gasteiger partial charge in [0.15, 0.2) is 0 Å². The lowest BCUT2D eigenvalue weighted by atomic mass is 10.0. The first kappa shape index (κ1) is 19.0. The summed E-state index contributed by atoms with van der Waals surface area (Å²) in [5.74, 6) is -0.104. The van der Waals surface area contributed by atoms with Gasteiger partial charge in [0.25, 0.3) is 0 Å². The zero-order valence-corrected chi connectivity index (χ0v) is 15.1. The highest BCUT2D eigenvalue weighted by atomic mass is 19.4. The summed E-state index contributed by atoms with van der Waals surface area (Å²) < 4.78 is 44.7. The monoisotopic (exact) mass is 370 g/mol. The highest BCUT2D eigenvalue weighted by molar-refractivity contribution is 5.63. The van der Waals surface area contributed by atoms with Crippen LogP contribution in [0.15, 0.2) is 72.8 Å². The average Bonchev–Trinajstić information content (AvgIpc) is 2.66. The fourth-order valence-corrected chi connectivity index (χ4v) is 2.94. The minimum Gasteiger partial charge on any atom is -0.493 e. The molecular weight excluding hydrogens is 349 g/mol. The van der Waals surface area contributed by atoms with Crippen molar-refractivity contribution in [2.75, 3.05) is 6.61 Å². The van der Waals surface area contributed by atoms with Crippen molar-refractivity contribution in [3.05, 3.63) is 89.5 Å². The van der Waals surface area contributed by atoms with E-state index in [0.717, 1.165) is 29.2 Å². The second-order valence-corrected chi connectivity index (χ2v) is 6.51. The number of alkyl halides is 3. The molecule has 0 aromatic heterocycles. The first-order chi connectivity index (χ1) is 12.9. The van der Waals surface area contributed by atoms with E-state index < -0.39 is 11.7 Å². The predicted octanol–water partition coefficient (Wildman–Crippen LogP) is 6.69. The number of benzene rings is 3. The van der Waals surface area contributed by atoms with Crippen LogP contribution in [0.25, 0.3) is 11.1 Å². The fraction of sp³-hybridized carbons (Fsp3) is 0.217. The molecule has 0 atom stereocenters. The van der Waals surface area contributed by atoms with Crippen LogP contribution in [0.5, 0.6) is 5.75 Å². The van der Waals surface area contributed by atoms with Gasteiger partial charge in [-0.2, -0.15) is 13.2 Å². The van der Waals surface area contributed by atoms with E-state index in [1.165, 1.54) is 6.07 Å². The lowest BCUT2D eigenvalue weighted by Gasteiger charge is -2.14. The molecule has 0 amide bonds. The molecule has 3 rings (SSSR count). The van der Waals surface area contributed by atoms with Gasteiger partial charge in [0.2, 0.25) is 0 Å². The lowest BCUT2D eigenvalue weighted by molar-refractivity contribution is -0.139. The third-order valence-corrected chi connectivity index (χ3v) is 4.37. The number of halogens is 3. The average molecular weight is 370 g/mol. The summed E-state index contributed by atoms with van der Waals surface area (Å²) in [6.07, 6.45) is -3.01. The van der Waals surface area contributed by atoms with Gasteiger partial charge in [0.1, 0.15) is 5.75 Å². The van der Waals surface area contributed by atoms with Crippen LogP contribution in [0.1, 0.15) is 23.1 Å². The number of hydrogen-bond acceptors (Lipinski definition) is 1. The topological polar surface area (TPSA) is 9.23 Å². The third-order valence-electron chi connectivity index (χ3n) is 4.37. The Balaban J connectivity index is 1.55. The zero-order valence-electron chi connectivity index (χ0n) is 15.1. The van der Waals surface area contributed by atoms with Crippen molar-refractivity contribution in [2.45, 2.75) is 25.9 Å². The fourth-order valence-electron chi connectivity index (χ4n) is 2.94. The number of aryl methyl sites for hydroxylation is 2. The highest BCUT2D eigenvalue weighted by Gasteiger charge is 2.34. The van der Waals surface area contributed by atoms with Gasteiger partial charge in [-0.15, -0.1) is 0 Å². The molecule has 27 heavy (non-hydrogen) atoms. The summed E-state index contributed by atoms with van der Waals surface area (Å²) in [5, 5.41) is 0. The highest BCUT2D eigenvalue weighted by Crippen LogP contribution is 2.36. The van der Waals surface area contributed by atoms with Gasteiger partial charge in [-0.3, -0.25) is 0 Å². The molecule has 3 aromatic rings. The molecule has 1 nitrogen and oxygen atoms in total.